The number of aromatic nitrogens is 2. The van der Waals surface area contributed by atoms with E-state index >= 15 is 0 Å². The molecule has 4 aromatic heterocycles. The minimum Gasteiger partial charge on any atom is -0.326 e. The van der Waals surface area contributed by atoms with E-state index in [4.69, 9.17) is 0 Å². The fraction of sp³-hybridized carbons (Fsp3) is 0.190. The maximum absolute atomic E-state index is 13.6. The second-order valence-corrected chi connectivity index (χ2v) is 9.59. The van der Waals surface area contributed by atoms with Crippen molar-refractivity contribution in [2.24, 2.45) is 0 Å². The van der Waals surface area contributed by atoms with Crippen LogP contribution in [0.3, 0.4) is 0 Å². The first-order valence-electron chi connectivity index (χ1n) is 9.02. The number of hydrogen-bond acceptors (Lipinski definition) is 6. The molecule has 1 aliphatic rings. The molecule has 0 unspecified atom stereocenters. The van der Waals surface area contributed by atoms with Gasteiger partial charge < -0.3 is 4.90 Å². The van der Waals surface area contributed by atoms with Crippen molar-refractivity contribution in [1.82, 2.24) is 14.9 Å². The Morgan fingerprint density at radius 2 is 2.07 bits per heavy atom. The summed E-state index contributed by atoms with van der Waals surface area (Å²) >= 11 is 4.93. The van der Waals surface area contributed by atoms with Gasteiger partial charge in [-0.1, -0.05) is 12.1 Å². The van der Waals surface area contributed by atoms with Gasteiger partial charge in [0, 0.05) is 22.5 Å². The van der Waals surface area contributed by atoms with E-state index in [1.54, 1.807) is 28.9 Å². The fourth-order valence-corrected chi connectivity index (χ4v) is 6.37. The van der Waals surface area contributed by atoms with Crippen LogP contribution in [0, 0.1) is 6.92 Å². The summed E-state index contributed by atoms with van der Waals surface area (Å²) in [5.74, 6) is 0.0624. The number of carbonyl (C=O) groups excluding carboxylic acids is 1. The lowest BCUT2D eigenvalue weighted by Gasteiger charge is -2.35. The third-order valence-electron chi connectivity index (χ3n) is 4.91. The highest BCUT2D eigenvalue weighted by Gasteiger charge is 2.35. The van der Waals surface area contributed by atoms with E-state index in [1.165, 1.54) is 26.7 Å². The number of nitrogens with zero attached hydrogens (tertiary/aromatic N) is 3. The molecule has 1 amide bonds. The second kappa shape index (κ2) is 7.24. The van der Waals surface area contributed by atoms with Gasteiger partial charge in [-0.2, -0.15) is 0 Å². The molecule has 5 heterocycles. The maximum Gasteiger partial charge on any atom is 0.266 e. The van der Waals surface area contributed by atoms with E-state index in [2.05, 4.69) is 38.9 Å². The molecule has 0 saturated heterocycles. The van der Waals surface area contributed by atoms with Crippen LogP contribution >= 0.6 is 34.0 Å². The lowest BCUT2D eigenvalue weighted by Crippen LogP contribution is -2.39. The van der Waals surface area contributed by atoms with Crippen molar-refractivity contribution < 1.29 is 4.79 Å². The molecule has 5 rings (SSSR count). The maximum atomic E-state index is 13.6. The molecule has 0 fully saturated rings. The first-order valence-corrected chi connectivity index (χ1v) is 11.6. The molecule has 140 valence electrons. The Kier molecular flexibility index (Phi) is 4.58. The van der Waals surface area contributed by atoms with E-state index in [0.717, 1.165) is 29.4 Å². The average Bonchev–Trinajstić information content (AvgIpc) is 3.48. The van der Waals surface area contributed by atoms with E-state index < -0.39 is 0 Å². The van der Waals surface area contributed by atoms with Gasteiger partial charge in [0.25, 0.3) is 5.91 Å². The summed E-state index contributed by atoms with van der Waals surface area (Å²) in [5, 5.41) is 5.01. The van der Waals surface area contributed by atoms with Gasteiger partial charge in [0.15, 0.2) is 0 Å². The quantitative estimate of drug-likeness (QED) is 0.442. The largest absolute Gasteiger partial charge is 0.326 e. The Balaban J connectivity index is 1.54. The van der Waals surface area contributed by atoms with Crippen LogP contribution in [0.5, 0.6) is 0 Å². The third-order valence-corrected chi connectivity index (χ3v) is 8.00. The molecule has 4 nitrogen and oxygen atoms in total. The standard InChI is InChI=1S/C21H17N3OS3/c1-13-19(28-20(23-13)15-5-2-3-9-22-15)21(25)24-10-7-16-14(8-12-27-16)18(24)17-6-4-11-26-17/h2-6,8-9,11-12,18H,7,10H2,1H3/t18-/m0/s1. The van der Waals surface area contributed by atoms with Crippen LogP contribution in [0.1, 0.15) is 36.7 Å². The smallest absolute Gasteiger partial charge is 0.266 e. The predicted octanol–water partition coefficient (Wildman–Crippen LogP) is 5.42. The van der Waals surface area contributed by atoms with E-state index in [1.807, 2.05) is 30.0 Å². The lowest BCUT2D eigenvalue weighted by atomic mass is 9.98. The minimum atomic E-state index is -0.0118. The van der Waals surface area contributed by atoms with Crippen LogP contribution in [0.2, 0.25) is 0 Å². The summed E-state index contributed by atoms with van der Waals surface area (Å²) in [7, 11) is 0. The molecular weight excluding hydrogens is 406 g/mol. The first-order chi connectivity index (χ1) is 13.7. The Labute approximate surface area is 175 Å². The van der Waals surface area contributed by atoms with Crippen LogP contribution < -0.4 is 0 Å². The molecular formula is C21H17N3OS3. The van der Waals surface area contributed by atoms with Crippen LogP contribution in [0.25, 0.3) is 10.7 Å². The number of carbonyl (C=O) groups is 1. The zero-order valence-electron chi connectivity index (χ0n) is 15.2. The Hall–Kier alpha value is -2.35. The zero-order chi connectivity index (χ0) is 19.1. The van der Waals surface area contributed by atoms with Gasteiger partial charge >= 0.3 is 0 Å². The molecule has 4 aromatic rings. The molecule has 0 N–H and O–H groups in total. The monoisotopic (exact) mass is 423 g/mol. The van der Waals surface area contributed by atoms with Gasteiger partial charge in [0.2, 0.25) is 0 Å². The Morgan fingerprint density at radius 3 is 2.86 bits per heavy atom. The molecule has 0 saturated carbocycles. The zero-order valence-corrected chi connectivity index (χ0v) is 17.6. The Bertz CT molecular complexity index is 1120. The van der Waals surface area contributed by atoms with Crippen molar-refractivity contribution in [1.29, 1.82) is 0 Å². The number of rotatable bonds is 3. The molecule has 0 radical (unpaired) electrons. The number of pyridine rings is 1. The van der Waals surface area contributed by atoms with Crippen molar-refractivity contribution in [3.8, 4) is 10.7 Å². The summed E-state index contributed by atoms with van der Waals surface area (Å²) in [4.78, 5) is 27.9. The van der Waals surface area contributed by atoms with Gasteiger partial charge in [0.1, 0.15) is 9.88 Å². The van der Waals surface area contributed by atoms with Crippen LogP contribution in [-0.4, -0.2) is 27.3 Å². The number of thiazole rings is 1. The summed E-state index contributed by atoms with van der Waals surface area (Å²) < 4.78 is 0. The molecule has 0 spiro atoms. The highest BCUT2D eigenvalue weighted by atomic mass is 32.1. The minimum absolute atomic E-state index is 0.0118. The molecule has 0 aliphatic carbocycles. The number of amides is 1. The predicted molar refractivity (Wildman–Crippen MR) is 115 cm³/mol. The van der Waals surface area contributed by atoms with Crippen LogP contribution in [0.15, 0.2) is 53.4 Å². The molecule has 0 aromatic carbocycles. The lowest BCUT2D eigenvalue weighted by molar-refractivity contribution is 0.0703. The van der Waals surface area contributed by atoms with Crippen LogP contribution in [-0.2, 0) is 6.42 Å². The highest BCUT2D eigenvalue weighted by molar-refractivity contribution is 7.17. The number of thiophene rings is 2. The third kappa shape index (κ3) is 2.99. The molecule has 0 bridgehead atoms. The van der Waals surface area contributed by atoms with E-state index in [-0.39, 0.29) is 11.9 Å². The first kappa shape index (κ1) is 17.7. The van der Waals surface area contributed by atoms with Gasteiger partial charge in [0.05, 0.1) is 17.4 Å². The number of aryl methyl sites for hydroxylation is 1. The SMILES string of the molecule is Cc1nc(-c2ccccn2)sc1C(=O)N1CCc2sccc2[C@H]1c1cccs1. The Morgan fingerprint density at radius 1 is 1.14 bits per heavy atom. The molecule has 28 heavy (non-hydrogen) atoms. The van der Waals surface area contributed by atoms with Crippen molar-refractivity contribution in [3.63, 3.8) is 0 Å². The van der Waals surface area contributed by atoms with Gasteiger partial charge in [-0.15, -0.1) is 34.0 Å². The van der Waals surface area contributed by atoms with Crippen molar-refractivity contribution >= 4 is 39.9 Å². The second-order valence-electron chi connectivity index (χ2n) is 6.61. The molecule has 1 atom stereocenters. The average molecular weight is 424 g/mol. The molecule has 7 heteroatoms. The highest BCUT2D eigenvalue weighted by Crippen LogP contribution is 2.41. The van der Waals surface area contributed by atoms with Crippen molar-refractivity contribution in [3.05, 3.63) is 79.2 Å². The summed E-state index contributed by atoms with van der Waals surface area (Å²) in [6, 6.07) is 12.1. The van der Waals surface area contributed by atoms with E-state index in [0.29, 0.717) is 4.88 Å². The van der Waals surface area contributed by atoms with Crippen molar-refractivity contribution in [2.75, 3.05) is 6.54 Å². The fourth-order valence-electron chi connectivity index (χ4n) is 3.61. The van der Waals surface area contributed by atoms with Crippen molar-refractivity contribution in [2.45, 2.75) is 19.4 Å². The molecule has 1 aliphatic heterocycles. The van der Waals surface area contributed by atoms with E-state index in [9.17, 15) is 4.79 Å². The summed E-state index contributed by atoms with van der Waals surface area (Å²) in [6.45, 7) is 2.64. The van der Waals surface area contributed by atoms with Crippen LogP contribution in [0.4, 0.5) is 0 Å². The van der Waals surface area contributed by atoms with Gasteiger partial charge in [-0.05, 0) is 53.9 Å². The number of hydrogen-bond donors (Lipinski definition) is 0. The summed E-state index contributed by atoms with van der Waals surface area (Å²) in [6.07, 6.45) is 2.66. The van der Waals surface area contributed by atoms with Gasteiger partial charge in [-0.3, -0.25) is 9.78 Å². The topological polar surface area (TPSA) is 46.1 Å². The number of fused-ring (bicyclic) bond motifs is 1. The van der Waals surface area contributed by atoms with Gasteiger partial charge in [-0.25, -0.2) is 4.98 Å². The normalized spacial score (nSPS) is 16.2. The summed E-state index contributed by atoms with van der Waals surface area (Å²) in [5.41, 5.74) is 2.85.